The van der Waals surface area contributed by atoms with Gasteiger partial charge < -0.3 is 5.11 Å². The highest BCUT2D eigenvalue weighted by molar-refractivity contribution is 7.99. The van der Waals surface area contributed by atoms with Gasteiger partial charge in [-0.25, -0.2) is 0 Å². The highest BCUT2D eigenvalue weighted by Gasteiger charge is 2.23. The molecule has 30 heavy (non-hydrogen) atoms. The summed E-state index contributed by atoms with van der Waals surface area (Å²) in [4.78, 5) is 1.09. The van der Waals surface area contributed by atoms with Crippen molar-refractivity contribution in [3.63, 3.8) is 0 Å². The van der Waals surface area contributed by atoms with E-state index >= 15 is 0 Å². The summed E-state index contributed by atoms with van der Waals surface area (Å²) >= 11 is 1.59. The first-order valence-electron chi connectivity index (χ1n) is 9.73. The number of hydrogen-bond donors (Lipinski definition) is 1. The third-order valence-electron chi connectivity index (χ3n) is 4.71. The Morgan fingerprint density at radius 1 is 0.900 bits per heavy atom. The molecule has 1 unspecified atom stereocenters. The molecular formula is C26H22N2OS. The van der Waals surface area contributed by atoms with Crippen LogP contribution in [0.15, 0.2) is 94.9 Å². The molecule has 0 radical (unpaired) electrons. The second kappa shape index (κ2) is 9.04. The standard InChI is InChI=1S/C26H22N2OS/c1-19-13-16-22(17-14-19)30-26-24(23(29)18-15-20-9-5-3-6-10-20)25(27-28(26)2)21-11-7-4-8-12-21/h3-14,16-17,23,29H,1-2H3. The largest absolute Gasteiger partial charge is 0.376 e. The summed E-state index contributed by atoms with van der Waals surface area (Å²) < 4.78 is 1.83. The molecule has 4 heteroatoms. The van der Waals surface area contributed by atoms with Crippen molar-refractivity contribution in [2.75, 3.05) is 0 Å². The van der Waals surface area contributed by atoms with E-state index in [0.29, 0.717) is 0 Å². The van der Waals surface area contributed by atoms with E-state index in [9.17, 15) is 5.11 Å². The third kappa shape index (κ3) is 4.49. The maximum Gasteiger partial charge on any atom is 0.145 e. The number of aliphatic hydroxyl groups excluding tert-OH is 1. The normalized spacial score (nSPS) is 11.6. The van der Waals surface area contributed by atoms with Crippen LogP contribution in [0.3, 0.4) is 0 Å². The van der Waals surface area contributed by atoms with Crippen LogP contribution < -0.4 is 0 Å². The van der Waals surface area contributed by atoms with E-state index in [1.807, 2.05) is 72.4 Å². The number of hydrogen-bond acceptors (Lipinski definition) is 3. The first-order valence-corrected chi connectivity index (χ1v) is 10.5. The minimum atomic E-state index is -0.956. The molecule has 3 aromatic carbocycles. The highest BCUT2D eigenvalue weighted by atomic mass is 32.2. The first kappa shape index (κ1) is 20.0. The molecule has 0 fully saturated rings. The van der Waals surface area contributed by atoms with Gasteiger partial charge in [-0.15, -0.1) is 0 Å². The van der Waals surface area contributed by atoms with Crippen LogP contribution in [0.25, 0.3) is 11.3 Å². The zero-order valence-electron chi connectivity index (χ0n) is 16.9. The van der Waals surface area contributed by atoms with Gasteiger partial charge in [0.1, 0.15) is 16.8 Å². The average Bonchev–Trinajstić information content (AvgIpc) is 3.11. The molecule has 0 saturated carbocycles. The molecule has 4 rings (SSSR count). The Morgan fingerprint density at radius 2 is 1.53 bits per heavy atom. The Bertz CT molecular complexity index is 1190. The predicted molar refractivity (Wildman–Crippen MR) is 122 cm³/mol. The number of aryl methyl sites for hydroxylation is 2. The molecule has 148 valence electrons. The Kier molecular flexibility index (Phi) is 6.04. The monoisotopic (exact) mass is 410 g/mol. The summed E-state index contributed by atoms with van der Waals surface area (Å²) in [6.45, 7) is 2.07. The van der Waals surface area contributed by atoms with E-state index in [1.165, 1.54) is 5.56 Å². The summed E-state index contributed by atoms with van der Waals surface area (Å²) in [7, 11) is 1.91. The Labute approximate surface area is 181 Å². The topological polar surface area (TPSA) is 38.1 Å². The number of benzene rings is 3. The molecule has 0 aliphatic rings. The van der Waals surface area contributed by atoms with Gasteiger partial charge in [0.25, 0.3) is 0 Å². The minimum Gasteiger partial charge on any atom is -0.376 e. The van der Waals surface area contributed by atoms with Crippen molar-refractivity contribution in [3.05, 3.63) is 102 Å². The lowest BCUT2D eigenvalue weighted by Crippen LogP contribution is -1.99. The van der Waals surface area contributed by atoms with Crippen LogP contribution in [-0.2, 0) is 7.05 Å². The molecule has 0 bridgehead atoms. The summed E-state index contributed by atoms with van der Waals surface area (Å²) in [6.07, 6.45) is -0.956. The average molecular weight is 411 g/mol. The number of aliphatic hydroxyl groups is 1. The molecule has 1 atom stereocenters. The third-order valence-corrected chi connectivity index (χ3v) is 5.90. The summed E-state index contributed by atoms with van der Waals surface area (Å²) in [5, 5.41) is 16.7. The van der Waals surface area contributed by atoms with E-state index in [2.05, 4.69) is 43.0 Å². The zero-order chi connectivity index (χ0) is 20.9. The van der Waals surface area contributed by atoms with Gasteiger partial charge in [0.15, 0.2) is 0 Å². The van der Waals surface area contributed by atoms with Crippen molar-refractivity contribution in [1.82, 2.24) is 9.78 Å². The van der Waals surface area contributed by atoms with Crippen LogP contribution in [0, 0.1) is 18.8 Å². The fourth-order valence-corrected chi connectivity index (χ4v) is 4.15. The Morgan fingerprint density at radius 3 is 2.20 bits per heavy atom. The summed E-state index contributed by atoms with van der Waals surface area (Å²) in [5.41, 5.74) is 4.53. The minimum absolute atomic E-state index is 0.734. The fraction of sp³-hybridized carbons (Fsp3) is 0.115. The molecule has 0 saturated heterocycles. The molecule has 0 aliphatic carbocycles. The quantitative estimate of drug-likeness (QED) is 0.443. The van der Waals surface area contributed by atoms with Gasteiger partial charge in [0.05, 0.1) is 5.56 Å². The van der Waals surface area contributed by atoms with Gasteiger partial charge in [-0.2, -0.15) is 5.10 Å². The molecule has 1 heterocycles. The maximum absolute atomic E-state index is 11.1. The van der Waals surface area contributed by atoms with Gasteiger partial charge in [-0.1, -0.05) is 89.8 Å². The van der Waals surface area contributed by atoms with Crippen LogP contribution >= 0.6 is 11.8 Å². The zero-order valence-corrected chi connectivity index (χ0v) is 17.7. The highest BCUT2D eigenvalue weighted by Crippen LogP contribution is 2.38. The van der Waals surface area contributed by atoms with E-state index in [-0.39, 0.29) is 0 Å². The molecule has 1 aromatic heterocycles. The van der Waals surface area contributed by atoms with E-state index in [1.54, 1.807) is 11.8 Å². The van der Waals surface area contributed by atoms with Crippen molar-refractivity contribution < 1.29 is 5.11 Å². The van der Waals surface area contributed by atoms with Crippen LogP contribution in [0.4, 0.5) is 0 Å². The number of nitrogens with zero attached hydrogens (tertiary/aromatic N) is 2. The lowest BCUT2D eigenvalue weighted by molar-refractivity contribution is 0.235. The Hall–Kier alpha value is -3.26. The van der Waals surface area contributed by atoms with Crippen LogP contribution in [0.1, 0.15) is 22.8 Å². The van der Waals surface area contributed by atoms with E-state index in [0.717, 1.165) is 32.3 Å². The van der Waals surface area contributed by atoms with Crippen LogP contribution in [0.5, 0.6) is 0 Å². The second-order valence-corrected chi connectivity index (χ2v) is 8.07. The van der Waals surface area contributed by atoms with Crippen LogP contribution in [0.2, 0.25) is 0 Å². The molecule has 0 aliphatic heterocycles. The second-order valence-electron chi connectivity index (χ2n) is 7.01. The molecular weight excluding hydrogens is 388 g/mol. The van der Waals surface area contributed by atoms with Gasteiger partial charge in [0, 0.05) is 23.1 Å². The molecule has 0 spiro atoms. The smallest absolute Gasteiger partial charge is 0.145 e. The lowest BCUT2D eigenvalue weighted by Gasteiger charge is -2.10. The fourth-order valence-electron chi connectivity index (χ4n) is 3.16. The van der Waals surface area contributed by atoms with Crippen molar-refractivity contribution in [3.8, 4) is 23.1 Å². The number of rotatable bonds is 4. The van der Waals surface area contributed by atoms with Crippen LogP contribution in [-0.4, -0.2) is 14.9 Å². The molecule has 3 nitrogen and oxygen atoms in total. The van der Waals surface area contributed by atoms with E-state index in [4.69, 9.17) is 5.10 Å². The van der Waals surface area contributed by atoms with E-state index < -0.39 is 6.10 Å². The maximum atomic E-state index is 11.1. The summed E-state index contributed by atoms with van der Waals surface area (Å²) in [6, 6.07) is 28.0. The van der Waals surface area contributed by atoms with Crippen molar-refractivity contribution >= 4 is 11.8 Å². The van der Waals surface area contributed by atoms with Gasteiger partial charge in [0.2, 0.25) is 0 Å². The van der Waals surface area contributed by atoms with Gasteiger partial charge in [-0.3, -0.25) is 4.68 Å². The van der Waals surface area contributed by atoms with Crippen molar-refractivity contribution in [1.29, 1.82) is 0 Å². The molecule has 1 N–H and O–H groups in total. The molecule has 4 aromatic rings. The first-order chi connectivity index (χ1) is 14.6. The van der Waals surface area contributed by atoms with Crippen molar-refractivity contribution in [2.24, 2.45) is 7.05 Å². The Balaban J connectivity index is 1.79. The van der Waals surface area contributed by atoms with Gasteiger partial charge >= 0.3 is 0 Å². The van der Waals surface area contributed by atoms with Crippen molar-refractivity contribution in [2.45, 2.75) is 22.9 Å². The predicted octanol–water partition coefficient (Wildman–Crippen LogP) is 5.63. The van der Waals surface area contributed by atoms with Gasteiger partial charge in [-0.05, 0) is 31.2 Å². The summed E-state index contributed by atoms with van der Waals surface area (Å²) in [5.74, 6) is 6.10. The SMILES string of the molecule is Cc1ccc(Sc2c(C(O)C#Cc3ccccc3)c(-c3ccccc3)nn2C)cc1. The molecule has 0 amide bonds. The lowest BCUT2D eigenvalue weighted by atomic mass is 10.0. The number of aromatic nitrogens is 2.